The number of benzene rings is 2. The molecular weight excluding hydrogens is 476 g/mol. The molecular formula is C17H18N8O4S3. The number of tetrazole rings is 1. The highest BCUT2D eigenvalue weighted by Gasteiger charge is 2.32. The number of hydrogen-bond acceptors (Lipinski definition) is 11. The maximum atomic E-state index is 12.8. The second-order valence-corrected chi connectivity index (χ2v) is 11.2. The summed E-state index contributed by atoms with van der Waals surface area (Å²) in [6, 6.07) is 8.07. The lowest BCUT2D eigenvalue weighted by atomic mass is 9.98. The smallest absolute Gasteiger partial charge is 0.240 e. The Morgan fingerprint density at radius 2 is 1.91 bits per heavy atom. The highest BCUT2D eigenvalue weighted by atomic mass is 32.2. The van der Waals surface area contributed by atoms with Crippen LogP contribution < -0.4 is 16.2 Å². The van der Waals surface area contributed by atoms with E-state index in [1.54, 1.807) is 19.2 Å². The molecule has 0 amide bonds. The van der Waals surface area contributed by atoms with Crippen molar-refractivity contribution in [3.8, 4) is 22.5 Å². The number of hydrogen-bond donors (Lipinski definition) is 4. The summed E-state index contributed by atoms with van der Waals surface area (Å²) in [6.07, 6.45) is 0. The van der Waals surface area contributed by atoms with Crippen LogP contribution in [-0.4, -0.2) is 61.8 Å². The summed E-state index contributed by atoms with van der Waals surface area (Å²) < 4.78 is 51.9. The van der Waals surface area contributed by atoms with Crippen LogP contribution in [-0.2, 0) is 19.9 Å². The van der Waals surface area contributed by atoms with E-state index in [0.717, 1.165) is 4.70 Å². The monoisotopic (exact) mass is 494 g/mol. The van der Waals surface area contributed by atoms with E-state index in [4.69, 9.17) is 10.9 Å². The molecule has 0 radical (unpaired) electrons. The van der Waals surface area contributed by atoms with E-state index in [1.807, 2.05) is 6.07 Å². The van der Waals surface area contributed by atoms with Gasteiger partial charge in [0.2, 0.25) is 15.8 Å². The lowest BCUT2D eigenvalue weighted by Crippen LogP contribution is -2.22. The number of nitrogens with one attached hydrogen (secondary N) is 2. The van der Waals surface area contributed by atoms with E-state index >= 15 is 0 Å². The van der Waals surface area contributed by atoms with Crippen LogP contribution in [0, 0.1) is 0 Å². The second kappa shape index (κ2) is 8.18. The number of aromatic amines is 1. The van der Waals surface area contributed by atoms with Crippen molar-refractivity contribution in [2.75, 3.05) is 24.7 Å². The molecule has 2 aromatic carbocycles. The molecule has 4 rings (SSSR count). The summed E-state index contributed by atoms with van der Waals surface area (Å²) in [4.78, 5) is 3.45. The Balaban J connectivity index is 2.16. The van der Waals surface area contributed by atoms with Gasteiger partial charge in [0.1, 0.15) is 4.90 Å². The number of fused-ring (bicyclic) bond motifs is 1. The summed E-state index contributed by atoms with van der Waals surface area (Å²) in [7, 11) is -6.89. The molecule has 2 heterocycles. The van der Waals surface area contributed by atoms with Gasteiger partial charge >= 0.3 is 0 Å². The van der Waals surface area contributed by atoms with Crippen LogP contribution in [0.2, 0.25) is 0 Å². The van der Waals surface area contributed by atoms with Crippen LogP contribution in [0.5, 0.6) is 0 Å². The summed E-state index contributed by atoms with van der Waals surface area (Å²) >= 11 is 1.41. The Labute approximate surface area is 187 Å². The van der Waals surface area contributed by atoms with Crippen LogP contribution in [0.15, 0.2) is 40.1 Å². The molecule has 12 nitrogen and oxygen atoms in total. The largest absolute Gasteiger partial charge is 0.365 e. The molecule has 0 saturated carbocycles. The highest BCUT2D eigenvalue weighted by molar-refractivity contribution is 7.93. The minimum absolute atomic E-state index is 0.0918. The van der Waals surface area contributed by atoms with Crippen LogP contribution in [0.3, 0.4) is 0 Å². The highest BCUT2D eigenvalue weighted by Crippen LogP contribution is 2.42. The molecule has 0 atom stereocenters. The third kappa shape index (κ3) is 3.84. The molecule has 0 unspecified atom stereocenters. The van der Waals surface area contributed by atoms with E-state index < -0.39 is 35.4 Å². The van der Waals surface area contributed by atoms with Crippen molar-refractivity contribution in [1.29, 1.82) is 0 Å². The first-order valence-electron chi connectivity index (χ1n) is 9.11. The normalized spacial score (nSPS) is 12.3. The average molecular weight is 495 g/mol. The fraction of sp³-hybridized carbons (Fsp3) is 0.176. The number of sulfonamides is 1. The quantitative estimate of drug-likeness (QED) is 0.281. The number of aromatic nitrogens is 5. The Morgan fingerprint density at radius 1 is 1.12 bits per heavy atom. The van der Waals surface area contributed by atoms with E-state index in [-0.39, 0.29) is 17.9 Å². The standard InChI is InChI=1S/C17H18N8O4S3/c1-20-17-21-14-10(3-2-4-11(14)30-17)9-5-6-12(31(26,27)8-7-18)15(32(19,28)29)13(9)16-22-24-25-23-16/h2-6H,7-8,18H2,1H3,(H,20,21)(H2,19,28,29)(H,22,23,24,25). The molecule has 2 aromatic heterocycles. The van der Waals surface area contributed by atoms with E-state index in [0.29, 0.717) is 21.8 Å². The Hall–Kier alpha value is -2.98. The lowest BCUT2D eigenvalue weighted by Gasteiger charge is -2.16. The fourth-order valence-electron chi connectivity index (χ4n) is 3.34. The van der Waals surface area contributed by atoms with E-state index in [9.17, 15) is 16.8 Å². The minimum atomic E-state index is -4.55. The first kappa shape index (κ1) is 22.2. The van der Waals surface area contributed by atoms with Gasteiger partial charge in [0, 0.05) is 19.2 Å². The van der Waals surface area contributed by atoms with Crippen LogP contribution in [0.1, 0.15) is 0 Å². The molecule has 0 aliphatic heterocycles. The number of primary sulfonamides is 1. The molecule has 0 aliphatic rings. The number of nitrogens with zero attached hydrogens (tertiary/aromatic N) is 4. The molecule has 4 aromatic rings. The van der Waals surface area contributed by atoms with Gasteiger partial charge in [-0.05, 0) is 22.9 Å². The summed E-state index contributed by atoms with van der Waals surface area (Å²) in [5.41, 5.74) is 6.81. The van der Waals surface area contributed by atoms with E-state index in [2.05, 4.69) is 30.9 Å². The number of para-hydroxylation sites is 1. The molecule has 0 aliphatic carbocycles. The van der Waals surface area contributed by atoms with E-state index in [1.165, 1.54) is 23.5 Å². The maximum absolute atomic E-state index is 12.8. The fourth-order valence-corrected chi connectivity index (χ4v) is 6.94. The number of sulfone groups is 1. The topological polar surface area (TPSA) is 200 Å². The predicted molar refractivity (Wildman–Crippen MR) is 120 cm³/mol. The van der Waals surface area contributed by atoms with Crippen molar-refractivity contribution in [2.45, 2.75) is 9.79 Å². The number of H-pyrrole nitrogens is 1. The molecule has 15 heteroatoms. The number of nitrogens with two attached hydrogens (primary N) is 2. The van der Waals surface area contributed by atoms with Crippen LogP contribution >= 0.6 is 11.3 Å². The number of thiazole rings is 1. The first-order valence-corrected chi connectivity index (χ1v) is 13.1. The molecule has 168 valence electrons. The maximum Gasteiger partial charge on any atom is 0.240 e. The van der Waals surface area contributed by atoms with Gasteiger partial charge in [-0.15, -0.1) is 10.2 Å². The van der Waals surface area contributed by atoms with Crippen LogP contribution in [0.25, 0.3) is 32.7 Å². The van der Waals surface area contributed by atoms with Crippen molar-refractivity contribution in [2.24, 2.45) is 10.9 Å². The van der Waals surface area contributed by atoms with Gasteiger partial charge in [0.05, 0.1) is 26.4 Å². The van der Waals surface area contributed by atoms with Crippen molar-refractivity contribution in [1.82, 2.24) is 25.6 Å². The van der Waals surface area contributed by atoms with Crippen molar-refractivity contribution >= 4 is 46.5 Å². The summed E-state index contributed by atoms with van der Waals surface area (Å²) in [5.74, 6) is -0.594. The zero-order valence-corrected chi connectivity index (χ0v) is 19.1. The molecule has 0 fully saturated rings. The van der Waals surface area contributed by atoms with Gasteiger partial charge in [0.25, 0.3) is 0 Å². The van der Waals surface area contributed by atoms with Crippen molar-refractivity contribution in [3.63, 3.8) is 0 Å². The Bertz CT molecular complexity index is 1510. The van der Waals surface area contributed by atoms with Crippen molar-refractivity contribution < 1.29 is 16.8 Å². The third-order valence-electron chi connectivity index (χ3n) is 4.62. The molecule has 6 N–H and O–H groups in total. The Morgan fingerprint density at radius 3 is 2.53 bits per heavy atom. The predicted octanol–water partition coefficient (Wildman–Crippen LogP) is 0.565. The molecule has 0 bridgehead atoms. The minimum Gasteiger partial charge on any atom is -0.365 e. The molecule has 0 saturated heterocycles. The first-order chi connectivity index (χ1) is 15.2. The van der Waals surface area contributed by atoms with Gasteiger partial charge in [0.15, 0.2) is 15.0 Å². The second-order valence-electron chi connectivity index (χ2n) is 6.62. The Kier molecular flexibility index (Phi) is 5.68. The van der Waals surface area contributed by atoms with Gasteiger partial charge in [-0.1, -0.05) is 29.5 Å². The number of rotatable bonds is 7. The molecule has 32 heavy (non-hydrogen) atoms. The SMILES string of the molecule is CNc1nc2c(-c3ccc(S(=O)(=O)CCN)c(S(N)(=O)=O)c3-c3nn[nH]n3)cccc2s1. The summed E-state index contributed by atoms with van der Waals surface area (Å²) in [5, 5.41) is 22.7. The van der Waals surface area contributed by atoms with Gasteiger partial charge in [-0.3, -0.25) is 0 Å². The average Bonchev–Trinajstić information content (AvgIpc) is 3.41. The van der Waals surface area contributed by atoms with Crippen LogP contribution in [0.4, 0.5) is 5.13 Å². The summed E-state index contributed by atoms with van der Waals surface area (Å²) in [6.45, 7) is -0.198. The van der Waals surface area contributed by atoms with Gasteiger partial charge in [-0.2, -0.15) is 5.21 Å². The third-order valence-corrected chi connectivity index (χ3v) is 8.56. The zero-order chi connectivity index (χ0) is 23.1. The van der Waals surface area contributed by atoms with Gasteiger partial charge < -0.3 is 11.1 Å². The van der Waals surface area contributed by atoms with Crippen molar-refractivity contribution in [3.05, 3.63) is 30.3 Å². The zero-order valence-electron chi connectivity index (χ0n) is 16.6. The van der Waals surface area contributed by atoms with Gasteiger partial charge in [-0.25, -0.2) is 27.0 Å². The number of anilines is 1. The molecule has 0 spiro atoms. The lowest BCUT2D eigenvalue weighted by molar-refractivity contribution is 0.583.